The molecule has 0 radical (unpaired) electrons. The predicted molar refractivity (Wildman–Crippen MR) is 92.3 cm³/mol. The third-order valence-corrected chi connectivity index (χ3v) is 5.86. The van der Waals surface area contributed by atoms with E-state index < -0.39 is 15.8 Å². The molecule has 2 amide bonds. The van der Waals surface area contributed by atoms with Crippen molar-refractivity contribution in [3.05, 3.63) is 42.5 Å². The highest BCUT2D eigenvalue weighted by atomic mass is 32.2. The molecule has 2 aromatic carbocycles. The Morgan fingerprint density at radius 2 is 1.83 bits per heavy atom. The quantitative estimate of drug-likeness (QED) is 0.873. The fourth-order valence-electron chi connectivity index (χ4n) is 2.84. The zero-order valence-corrected chi connectivity index (χ0v) is 13.8. The Labute approximate surface area is 140 Å². The van der Waals surface area contributed by atoms with E-state index in [4.69, 9.17) is 0 Å². The van der Waals surface area contributed by atoms with Crippen LogP contribution in [0.5, 0.6) is 0 Å². The summed E-state index contributed by atoms with van der Waals surface area (Å²) >= 11 is 0. The highest BCUT2D eigenvalue weighted by molar-refractivity contribution is 7.91. The highest BCUT2D eigenvalue weighted by Gasteiger charge is 2.32. The van der Waals surface area contributed by atoms with E-state index in [1.807, 2.05) is 36.4 Å². The first-order valence-corrected chi connectivity index (χ1v) is 9.52. The molecule has 1 aliphatic heterocycles. The Bertz CT molecular complexity index is 887. The average Bonchev–Trinajstić information content (AvgIpc) is 2.93. The molecule has 7 heteroatoms. The summed E-state index contributed by atoms with van der Waals surface area (Å²) in [5, 5.41) is 7.22. The number of carbonyl (C=O) groups excluding carboxylic acids is 2. The van der Waals surface area contributed by atoms with Crippen molar-refractivity contribution < 1.29 is 18.0 Å². The van der Waals surface area contributed by atoms with Crippen LogP contribution in [0.4, 0.5) is 5.69 Å². The van der Waals surface area contributed by atoms with Crippen LogP contribution in [0.3, 0.4) is 0 Å². The molecule has 0 spiro atoms. The van der Waals surface area contributed by atoms with Gasteiger partial charge in [-0.15, -0.1) is 0 Å². The summed E-state index contributed by atoms with van der Waals surface area (Å²) in [6, 6.07) is 13.3. The summed E-state index contributed by atoms with van der Waals surface area (Å²) in [5.74, 6) is -1.39. The van der Waals surface area contributed by atoms with Crippen LogP contribution in [0.15, 0.2) is 42.5 Å². The maximum atomic E-state index is 12.1. The molecule has 0 aromatic heterocycles. The Balaban J connectivity index is 1.59. The third-order valence-electron chi connectivity index (χ3n) is 4.09. The Morgan fingerprint density at radius 1 is 1.08 bits per heavy atom. The normalized spacial score (nSPS) is 19.1. The van der Waals surface area contributed by atoms with Crippen molar-refractivity contribution in [1.29, 1.82) is 0 Å². The molecule has 1 saturated heterocycles. The van der Waals surface area contributed by atoms with Crippen molar-refractivity contribution in [2.75, 3.05) is 23.4 Å². The third kappa shape index (κ3) is 3.73. The van der Waals surface area contributed by atoms with Gasteiger partial charge in [-0.25, -0.2) is 8.42 Å². The largest absolute Gasteiger partial charge is 0.347 e. The van der Waals surface area contributed by atoms with Gasteiger partial charge in [-0.2, -0.15) is 0 Å². The zero-order chi connectivity index (χ0) is 17.2. The Kier molecular flexibility index (Phi) is 4.53. The second-order valence-corrected chi connectivity index (χ2v) is 8.12. The molecule has 1 fully saturated rings. The summed E-state index contributed by atoms with van der Waals surface area (Å²) in [6.45, 7) is -0.182. The minimum absolute atomic E-state index is 0.0350. The molecule has 0 saturated carbocycles. The van der Waals surface area contributed by atoms with Crippen molar-refractivity contribution in [3.8, 4) is 0 Å². The molecule has 0 bridgehead atoms. The van der Waals surface area contributed by atoms with Crippen LogP contribution < -0.4 is 10.6 Å². The van der Waals surface area contributed by atoms with E-state index in [0.717, 1.165) is 10.8 Å². The molecule has 1 atom stereocenters. The van der Waals surface area contributed by atoms with Crippen LogP contribution >= 0.6 is 0 Å². The Morgan fingerprint density at radius 3 is 2.58 bits per heavy atom. The fourth-order valence-corrected chi connectivity index (χ4v) is 4.58. The van der Waals surface area contributed by atoms with Crippen LogP contribution in [0.2, 0.25) is 0 Å². The molecular formula is C17H18N2O4S. The number of benzene rings is 2. The predicted octanol–water partition coefficient (Wildman–Crippen LogP) is 1.33. The number of amides is 2. The monoisotopic (exact) mass is 346 g/mol. The number of anilines is 1. The lowest BCUT2D eigenvalue weighted by molar-refractivity contribution is -0.126. The minimum Gasteiger partial charge on any atom is -0.347 e. The molecular weight excluding hydrogens is 328 g/mol. The van der Waals surface area contributed by atoms with Gasteiger partial charge in [-0.05, 0) is 17.9 Å². The first-order chi connectivity index (χ1) is 11.4. The van der Waals surface area contributed by atoms with Gasteiger partial charge in [-0.1, -0.05) is 36.4 Å². The van der Waals surface area contributed by atoms with Gasteiger partial charge in [0.1, 0.15) is 0 Å². The Hall–Kier alpha value is -2.41. The molecule has 1 heterocycles. The van der Waals surface area contributed by atoms with E-state index in [0.29, 0.717) is 12.1 Å². The topological polar surface area (TPSA) is 92.3 Å². The van der Waals surface area contributed by atoms with Gasteiger partial charge in [-0.3, -0.25) is 9.59 Å². The maximum absolute atomic E-state index is 12.1. The second-order valence-electron chi connectivity index (χ2n) is 5.89. The van der Waals surface area contributed by atoms with E-state index in [1.54, 1.807) is 6.07 Å². The first kappa shape index (κ1) is 16.4. The highest BCUT2D eigenvalue weighted by Crippen LogP contribution is 2.22. The van der Waals surface area contributed by atoms with Gasteiger partial charge >= 0.3 is 0 Å². The first-order valence-electron chi connectivity index (χ1n) is 7.70. The number of hydrogen-bond donors (Lipinski definition) is 2. The number of sulfone groups is 1. The summed E-state index contributed by atoms with van der Waals surface area (Å²) in [6.07, 6.45) is 0.319. The summed E-state index contributed by atoms with van der Waals surface area (Å²) < 4.78 is 22.8. The zero-order valence-electron chi connectivity index (χ0n) is 13.0. The van der Waals surface area contributed by atoms with Gasteiger partial charge in [0.05, 0.1) is 24.0 Å². The van der Waals surface area contributed by atoms with Gasteiger partial charge in [0, 0.05) is 11.1 Å². The van der Waals surface area contributed by atoms with Crippen LogP contribution in [0.25, 0.3) is 10.8 Å². The lowest BCUT2D eigenvalue weighted by Gasteiger charge is -2.11. The lowest BCUT2D eigenvalue weighted by Crippen LogP contribution is -2.37. The number of fused-ring (bicyclic) bond motifs is 1. The number of nitrogens with one attached hydrogen (secondary N) is 2. The SMILES string of the molecule is O=C(CNC(=O)[C@H]1CCS(=O)(=O)C1)Nc1cccc2ccccc12. The molecule has 3 rings (SSSR count). The van der Waals surface area contributed by atoms with E-state index in [1.165, 1.54) is 0 Å². The van der Waals surface area contributed by atoms with E-state index in [2.05, 4.69) is 10.6 Å². The summed E-state index contributed by atoms with van der Waals surface area (Å²) in [7, 11) is -3.11. The van der Waals surface area contributed by atoms with Gasteiger partial charge < -0.3 is 10.6 Å². The van der Waals surface area contributed by atoms with E-state index >= 15 is 0 Å². The fraction of sp³-hybridized carbons (Fsp3) is 0.294. The minimum atomic E-state index is -3.11. The van der Waals surface area contributed by atoms with Crippen molar-refractivity contribution in [1.82, 2.24) is 5.32 Å². The van der Waals surface area contributed by atoms with Crippen LogP contribution in [0, 0.1) is 5.92 Å². The second kappa shape index (κ2) is 6.60. The number of hydrogen-bond acceptors (Lipinski definition) is 4. The molecule has 0 unspecified atom stereocenters. The van der Waals surface area contributed by atoms with Gasteiger partial charge in [0.15, 0.2) is 9.84 Å². The van der Waals surface area contributed by atoms with E-state index in [-0.39, 0.29) is 29.9 Å². The van der Waals surface area contributed by atoms with Crippen LogP contribution in [-0.4, -0.2) is 38.3 Å². The maximum Gasteiger partial charge on any atom is 0.243 e. The molecule has 1 aliphatic rings. The molecule has 24 heavy (non-hydrogen) atoms. The smallest absolute Gasteiger partial charge is 0.243 e. The van der Waals surface area contributed by atoms with Crippen molar-refractivity contribution in [3.63, 3.8) is 0 Å². The van der Waals surface area contributed by atoms with Gasteiger partial charge in [0.2, 0.25) is 11.8 Å². The number of rotatable bonds is 4. The molecule has 126 valence electrons. The summed E-state index contributed by atoms with van der Waals surface area (Å²) in [5.41, 5.74) is 0.677. The van der Waals surface area contributed by atoms with Crippen molar-refractivity contribution in [2.45, 2.75) is 6.42 Å². The van der Waals surface area contributed by atoms with Crippen molar-refractivity contribution in [2.24, 2.45) is 5.92 Å². The molecule has 2 aromatic rings. The molecule has 2 N–H and O–H groups in total. The summed E-state index contributed by atoms with van der Waals surface area (Å²) in [4.78, 5) is 24.0. The molecule has 0 aliphatic carbocycles. The van der Waals surface area contributed by atoms with Crippen LogP contribution in [-0.2, 0) is 19.4 Å². The van der Waals surface area contributed by atoms with E-state index in [9.17, 15) is 18.0 Å². The molecule has 6 nitrogen and oxygen atoms in total. The van der Waals surface area contributed by atoms with Crippen molar-refractivity contribution >= 4 is 38.1 Å². The number of carbonyl (C=O) groups is 2. The lowest BCUT2D eigenvalue weighted by atomic mass is 10.1. The van der Waals surface area contributed by atoms with Gasteiger partial charge in [0.25, 0.3) is 0 Å². The average molecular weight is 346 g/mol. The standard InChI is InChI=1S/C17H18N2O4S/c20-16(10-18-17(21)13-8-9-24(22,23)11-13)19-15-7-3-5-12-4-1-2-6-14(12)15/h1-7,13H,8-11H2,(H,18,21)(H,19,20)/t13-/m0/s1. The van der Waals surface area contributed by atoms with Crippen LogP contribution in [0.1, 0.15) is 6.42 Å².